The molecule has 0 aliphatic carbocycles. The van der Waals surface area contributed by atoms with Crippen LogP contribution in [0.4, 0.5) is 0 Å². The van der Waals surface area contributed by atoms with E-state index in [1.54, 1.807) is 0 Å². The maximum absolute atomic E-state index is 5.47. The molecular weight excluding hydrogens is 268 g/mol. The number of hydrogen-bond donors (Lipinski definition) is 0. The monoisotopic (exact) mass is 298 g/mol. The van der Waals surface area contributed by atoms with Gasteiger partial charge in [0.2, 0.25) is 0 Å². The molecule has 1 unspecified atom stereocenters. The molecule has 0 aromatic heterocycles. The molecule has 0 amide bonds. The van der Waals surface area contributed by atoms with Crippen molar-refractivity contribution in [2.24, 2.45) is 5.92 Å². The fraction of sp³-hybridized carbons (Fsp3) is 0.765. The van der Waals surface area contributed by atoms with Crippen molar-refractivity contribution in [1.82, 2.24) is 0 Å². The minimum Gasteiger partial charge on any atom is -0.352 e. The fourth-order valence-corrected chi connectivity index (χ4v) is 1.87. The molecule has 2 aliphatic rings. The van der Waals surface area contributed by atoms with Gasteiger partial charge in [-0.05, 0) is 26.7 Å². The van der Waals surface area contributed by atoms with Gasteiger partial charge in [-0.25, -0.2) is 0 Å². The second-order valence-electron chi connectivity index (χ2n) is 5.90. The molecule has 4 nitrogen and oxygen atoms in total. The molecule has 122 valence electrons. The van der Waals surface area contributed by atoms with Gasteiger partial charge in [0.05, 0.1) is 26.4 Å². The molecule has 0 saturated heterocycles. The minimum absolute atomic E-state index is 0.0139. The lowest BCUT2D eigenvalue weighted by atomic mass is 10.2. The second kappa shape index (κ2) is 10.1. The van der Waals surface area contributed by atoms with Crippen LogP contribution in [0.15, 0.2) is 24.3 Å². The van der Waals surface area contributed by atoms with Crippen LogP contribution in [0.1, 0.15) is 40.5 Å². The molecule has 0 fully saturated rings. The first-order valence-corrected chi connectivity index (χ1v) is 7.82. The largest absolute Gasteiger partial charge is 0.352 e. The van der Waals surface area contributed by atoms with Gasteiger partial charge < -0.3 is 18.9 Å². The SMILES string of the molecule is CC(C)C1OC/C=C\CCO1.CC1(C)OC/C=C\CCO1. The summed E-state index contributed by atoms with van der Waals surface area (Å²) in [6.07, 6.45) is 10.2. The average molecular weight is 298 g/mol. The Morgan fingerprint density at radius 1 is 0.857 bits per heavy atom. The van der Waals surface area contributed by atoms with Crippen molar-refractivity contribution in [2.45, 2.75) is 52.6 Å². The van der Waals surface area contributed by atoms with Crippen LogP contribution in [0, 0.1) is 5.92 Å². The summed E-state index contributed by atoms with van der Waals surface area (Å²) in [7, 11) is 0. The summed E-state index contributed by atoms with van der Waals surface area (Å²) in [5.41, 5.74) is 0. The van der Waals surface area contributed by atoms with Crippen molar-refractivity contribution in [3.63, 3.8) is 0 Å². The molecule has 0 N–H and O–H groups in total. The zero-order valence-electron chi connectivity index (χ0n) is 13.8. The van der Waals surface area contributed by atoms with Gasteiger partial charge in [-0.15, -0.1) is 0 Å². The Balaban J connectivity index is 0.000000211. The van der Waals surface area contributed by atoms with E-state index in [4.69, 9.17) is 18.9 Å². The predicted molar refractivity (Wildman–Crippen MR) is 84.0 cm³/mol. The Morgan fingerprint density at radius 2 is 1.52 bits per heavy atom. The van der Waals surface area contributed by atoms with Crippen LogP contribution in [0.25, 0.3) is 0 Å². The molecule has 21 heavy (non-hydrogen) atoms. The van der Waals surface area contributed by atoms with Gasteiger partial charge >= 0.3 is 0 Å². The summed E-state index contributed by atoms with van der Waals surface area (Å²) >= 11 is 0. The van der Waals surface area contributed by atoms with Crippen molar-refractivity contribution < 1.29 is 18.9 Å². The van der Waals surface area contributed by atoms with Crippen LogP contribution in [-0.4, -0.2) is 38.5 Å². The summed E-state index contributed by atoms with van der Waals surface area (Å²) in [5.74, 6) is 0.0478. The van der Waals surface area contributed by atoms with E-state index in [1.165, 1.54) is 0 Å². The van der Waals surface area contributed by atoms with Gasteiger partial charge in [0, 0.05) is 5.92 Å². The van der Waals surface area contributed by atoms with Gasteiger partial charge in [0.25, 0.3) is 0 Å². The molecule has 0 bridgehead atoms. The van der Waals surface area contributed by atoms with Crippen LogP contribution >= 0.6 is 0 Å². The van der Waals surface area contributed by atoms with Crippen LogP contribution < -0.4 is 0 Å². The highest BCUT2D eigenvalue weighted by Crippen LogP contribution is 2.13. The molecule has 4 heteroatoms. The Morgan fingerprint density at radius 3 is 2.24 bits per heavy atom. The fourth-order valence-electron chi connectivity index (χ4n) is 1.87. The van der Waals surface area contributed by atoms with E-state index in [2.05, 4.69) is 32.1 Å². The zero-order valence-corrected chi connectivity index (χ0v) is 13.8. The minimum atomic E-state index is -0.398. The second-order valence-corrected chi connectivity index (χ2v) is 5.90. The van der Waals surface area contributed by atoms with E-state index in [-0.39, 0.29) is 6.29 Å². The van der Waals surface area contributed by atoms with E-state index in [9.17, 15) is 0 Å². The van der Waals surface area contributed by atoms with Gasteiger partial charge in [0.1, 0.15) is 0 Å². The van der Waals surface area contributed by atoms with Crippen molar-refractivity contribution in [2.75, 3.05) is 26.4 Å². The third kappa shape index (κ3) is 9.04. The molecule has 0 spiro atoms. The molecule has 1 atom stereocenters. The van der Waals surface area contributed by atoms with Crippen molar-refractivity contribution in [3.05, 3.63) is 24.3 Å². The third-order valence-electron chi connectivity index (χ3n) is 3.06. The van der Waals surface area contributed by atoms with Gasteiger partial charge in [-0.3, -0.25) is 0 Å². The zero-order chi connectivity index (χ0) is 15.6. The van der Waals surface area contributed by atoms with Crippen molar-refractivity contribution in [1.29, 1.82) is 0 Å². The maximum Gasteiger partial charge on any atom is 0.163 e. The molecule has 0 aromatic carbocycles. The van der Waals surface area contributed by atoms with Crippen LogP contribution in [0.5, 0.6) is 0 Å². The molecule has 0 saturated carbocycles. The summed E-state index contributed by atoms with van der Waals surface area (Å²) in [6, 6.07) is 0. The highest BCUT2D eigenvalue weighted by atomic mass is 16.7. The van der Waals surface area contributed by atoms with E-state index >= 15 is 0 Å². The molecular formula is C17H30O4. The van der Waals surface area contributed by atoms with Crippen LogP contribution in [0.2, 0.25) is 0 Å². The number of hydrogen-bond acceptors (Lipinski definition) is 4. The lowest BCUT2D eigenvalue weighted by Gasteiger charge is -2.25. The first kappa shape index (κ1) is 18.4. The molecule has 2 aliphatic heterocycles. The average Bonchev–Trinajstić information content (AvgIpc) is 2.34. The van der Waals surface area contributed by atoms with Gasteiger partial charge in [0.15, 0.2) is 12.1 Å². The van der Waals surface area contributed by atoms with E-state index in [1.807, 2.05) is 19.9 Å². The maximum atomic E-state index is 5.47. The lowest BCUT2D eigenvalue weighted by Crippen LogP contribution is -2.29. The Hall–Kier alpha value is -0.680. The molecule has 0 aromatic rings. The first-order chi connectivity index (χ1) is 10.0. The summed E-state index contributed by atoms with van der Waals surface area (Å²) < 4.78 is 21.7. The topological polar surface area (TPSA) is 36.9 Å². The van der Waals surface area contributed by atoms with Gasteiger partial charge in [-0.1, -0.05) is 38.2 Å². The van der Waals surface area contributed by atoms with E-state index < -0.39 is 5.79 Å². The Bertz CT molecular complexity index is 321. The Kier molecular flexibility index (Phi) is 8.85. The van der Waals surface area contributed by atoms with Gasteiger partial charge in [-0.2, -0.15) is 0 Å². The summed E-state index contributed by atoms with van der Waals surface area (Å²) in [5, 5.41) is 0. The number of ether oxygens (including phenoxy) is 4. The molecule has 2 heterocycles. The summed E-state index contributed by atoms with van der Waals surface area (Å²) in [4.78, 5) is 0. The number of rotatable bonds is 1. The predicted octanol–water partition coefficient (Wildman–Crippen LogP) is 3.68. The molecule has 2 rings (SSSR count). The highest BCUT2D eigenvalue weighted by molar-refractivity contribution is 4.83. The normalized spacial score (nSPS) is 29.1. The van der Waals surface area contributed by atoms with Crippen LogP contribution in [0.3, 0.4) is 0 Å². The quantitative estimate of drug-likeness (QED) is 0.692. The van der Waals surface area contributed by atoms with Crippen molar-refractivity contribution >= 4 is 0 Å². The smallest absolute Gasteiger partial charge is 0.163 e. The summed E-state index contributed by atoms with van der Waals surface area (Å²) in [6.45, 7) is 11.0. The first-order valence-electron chi connectivity index (χ1n) is 7.82. The lowest BCUT2D eigenvalue weighted by molar-refractivity contribution is -0.207. The van der Waals surface area contributed by atoms with Crippen molar-refractivity contribution in [3.8, 4) is 0 Å². The standard InChI is InChI=1S/C9H16O2.C8H14O2/c1-8(2)9-10-6-4-3-5-7-11-9;1-8(2)9-6-4-3-5-7-10-8/h3-4,8-9H,5-7H2,1-2H3;3-4H,5-7H2,1-2H3/b2*4-3-. The van der Waals surface area contributed by atoms with E-state index in [0.29, 0.717) is 19.1 Å². The van der Waals surface area contributed by atoms with E-state index in [0.717, 1.165) is 26.1 Å². The molecule has 0 radical (unpaired) electrons. The van der Waals surface area contributed by atoms with Crippen LogP contribution in [-0.2, 0) is 18.9 Å². The Labute approximate surface area is 129 Å². The highest BCUT2D eigenvalue weighted by Gasteiger charge is 2.18. The third-order valence-corrected chi connectivity index (χ3v) is 3.06.